The molecule has 1 aromatic heterocycles. The molecule has 0 spiro atoms. The zero-order chi connectivity index (χ0) is 22.0. The maximum atomic E-state index is 10.2. The van der Waals surface area contributed by atoms with Gasteiger partial charge in [0.15, 0.2) is 5.16 Å². The third kappa shape index (κ3) is 4.78. The summed E-state index contributed by atoms with van der Waals surface area (Å²) in [6.45, 7) is 8.35. The number of ether oxygens (including phenoxy) is 1. The van der Waals surface area contributed by atoms with Crippen molar-refractivity contribution in [3.8, 4) is 11.4 Å². The number of fused-ring (bicyclic) bond motifs is 1. The van der Waals surface area contributed by atoms with Gasteiger partial charge in [-0.2, -0.15) is 0 Å². The maximum Gasteiger partial charge on any atom is 0.174 e. The van der Waals surface area contributed by atoms with Gasteiger partial charge in [0.2, 0.25) is 0 Å². The molecule has 0 atom stereocenters. The van der Waals surface area contributed by atoms with Crippen LogP contribution >= 0.6 is 11.8 Å². The monoisotopic (exact) mass is 432 g/mol. The molecule has 5 heteroatoms. The van der Waals surface area contributed by atoms with Crippen molar-refractivity contribution in [2.45, 2.75) is 44.2 Å². The van der Waals surface area contributed by atoms with Crippen LogP contribution in [0.4, 0.5) is 0 Å². The second-order valence-corrected chi connectivity index (χ2v) is 9.14. The van der Waals surface area contributed by atoms with E-state index in [0.29, 0.717) is 6.61 Å². The lowest BCUT2D eigenvalue weighted by molar-refractivity contribution is 0.0786. The molecule has 0 aliphatic heterocycles. The summed E-state index contributed by atoms with van der Waals surface area (Å²) in [6.07, 6.45) is 0. The van der Waals surface area contributed by atoms with Gasteiger partial charge in [-0.25, -0.2) is 4.98 Å². The topological polar surface area (TPSA) is 47.3 Å². The van der Waals surface area contributed by atoms with Gasteiger partial charge in [-0.05, 0) is 80.8 Å². The molecule has 0 fully saturated rings. The van der Waals surface area contributed by atoms with E-state index in [-0.39, 0.29) is 0 Å². The van der Waals surface area contributed by atoms with E-state index in [0.717, 1.165) is 38.9 Å². The van der Waals surface area contributed by atoms with Gasteiger partial charge in [-0.15, -0.1) is 0 Å². The Labute approximate surface area is 187 Å². The first-order valence-corrected chi connectivity index (χ1v) is 11.5. The summed E-state index contributed by atoms with van der Waals surface area (Å²) in [4.78, 5) is 4.92. The van der Waals surface area contributed by atoms with Crippen LogP contribution in [0.1, 0.15) is 37.5 Å². The average Bonchev–Trinajstić information content (AvgIpc) is 3.10. The lowest BCUT2D eigenvalue weighted by atomic mass is 9.98. The fraction of sp³-hybridized carbons (Fsp3) is 0.269. The van der Waals surface area contributed by atoms with Gasteiger partial charge in [0.1, 0.15) is 5.75 Å². The van der Waals surface area contributed by atoms with Crippen molar-refractivity contribution in [1.82, 2.24) is 9.55 Å². The van der Waals surface area contributed by atoms with E-state index < -0.39 is 5.60 Å². The molecule has 4 rings (SSSR count). The summed E-state index contributed by atoms with van der Waals surface area (Å²) < 4.78 is 7.82. The van der Waals surface area contributed by atoms with Crippen molar-refractivity contribution >= 4 is 22.8 Å². The fourth-order valence-electron chi connectivity index (χ4n) is 3.52. The summed E-state index contributed by atoms with van der Waals surface area (Å²) >= 11 is 1.71. The Morgan fingerprint density at radius 3 is 2.35 bits per heavy atom. The van der Waals surface area contributed by atoms with Gasteiger partial charge in [0.25, 0.3) is 0 Å². The summed E-state index contributed by atoms with van der Waals surface area (Å²) in [6, 6.07) is 22.7. The number of aromatic nitrogens is 2. The van der Waals surface area contributed by atoms with Crippen LogP contribution in [-0.2, 0) is 11.4 Å². The number of hydrogen-bond acceptors (Lipinski definition) is 4. The van der Waals surface area contributed by atoms with E-state index in [1.165, 1.54) is 11.1 Å². The number of aliphatic hydroxyl groups is 1. The van der Waals surface area contributed by atoms with E-state index in [1.54, 1.807) is 25.6 Å². The zero-order valence-electron chi connectivity index (χ0n) is 18.4. The van der Waals surface area contributed by atoms with Crippen LogP contribution < -0.4 is 4.74 Å². The zero-order valence-corrected chi connectivity index (χ0v) is 19.2. The highest BCUT2D eigenvalue weighted by Gasteiger charge is 2.16. The van der Waals surface area contributed by atoms with Crippen LogP contribution in [-0.4, -0.2) is 21.3 Å². The molecule has 4 aromatic rings. The fourth-order valence-corrected chi connectivity index (χ4v) is 4.51. The van der Waals surface area contributed by atoms with E-state index in [2.05, 4.69) is 54.0 Å². The number of hydrogen-bond donors (Lipinski definition) is 1. The number of imidazole rings is 1. The van der Waals surface area contributed by atoms with Crippen LogP contribution in [0, 0.1) is 6.92 Å². The first kappa shape index (κ1) is 21.5. The highest BCUT2D eigenvalue weighted by atomic mass is 32.2. The Balaban J connectivity index is 1.66. The van der Waals surface area contributed by atoms with Crippen LogP contribution in [0.3, 0.4) is 0 Å². The Kier molecular flexibility index (Phi) is 6.08. The van der Waals surface area contributed by atoms with Crippen molar-refractivity contribution < 1.29 is 9.84 Å². The van der Waals surface area contributed by atoms with Gasteiger partial charge >= 0.3 is 0 Å². The minimum atomic E-state index is -0.828. The Morgan fingerprint density at radius 2 is 1.71 bits per heavy atom. The van der Waals surface area contributed by atoms with Crippen LogP contribution in [0.25, 0.3) is 16.7 Å². The quantitative estimate of drug-likeness (QED) is 0.351. The van der Waals surface area contributed by atoms with Crippen molar-refractivity contribution in [3.05, 3.63) is 83.4 Å². The molecule has 31 heavy (non-hydrogen) atoms. The average molecular weight is 433 g/mol. The predicted molar refractivity (Wildman–Crippen MR) is 128 cm³/mol. The number of aryl methyl sites for hydroxylation is 1. The maximum absolute atomic E-state index is 10.2. The molecule has 4 nitrogen and oxygen atoms in total. The molecule has 0 aliphatic carbocycles. The van der Waals surface area contributed by atoms with Crippen molar-refractivity contribution in [2.24, 2.45) is 0 Å². The molecule has 0 unspecified atom stereocenters. The molecular weight excluding hydrogens is 404 g/mol. The molecule has 0 saturated carbocycles. The largest absolute Gasteiger partial charge is 0.494 e. The number of rotatable bonds is 7. The minimum Gasteiger partial charge on any atom is -0.494 e. The second kappa shape index (κ2) is 8.77. The van der Waals surface area contributed by atoms with Crippen LogP contribution in [0.2, 0.25) is 0 Å². The van der Waals surface area contributed by atoms with E-state index in [9.17, 15) is 5.11 Å². The van der Waals surface area contributed by atoms with Crippen molar-refractivity contribution in [2.75, 3.05) is 6.61 Å². The third-order valence-corrected chi connectivity index (χ3v) is 6.22. The Hall–Kier alpha value is -2.76. The van der Waals surface area contributed by atoms with Crippen LogP contribution in [0.15, 0.2) is 71.9 Å². The second-order valence-electron chi connectivity index (χ2n) is 8.19. The molecule has 0 amide bonds. The molecular formula is C26H28N2O2S. The first-order valence-electron chi connectivity index (χ1n) is 10.5. The summed E-state index contributed by atoms with van der Waals surface area (Å²) in [5.74, 6) is 1.67. The molecule has 0 bridgehead atoms. The lowest BCUT2D eigenvalue weighted by Gasteiger charge is -2.17. The molecule has 160 valence electrons. The van der Waals surface area contributed by atoms with Crippen molar-refractivity contribution in [3.63, 3.8) is 0 Å². The third-order valence-electron chi connectivity index (χ3n) is 5.21. The molecule has 0 saturated heterocycles. The highest BCUT2D eigenvalue weighted by molar-refractivity contribution is 7.98. The number of benzene rings is 3. The first-order chi connectivity index (χ1) is 14.8. The smallest absolute Gasteiger partial charge is 0.174 e. The van der Waals surface area contributed by atoms with Gasteiger partial charge in [0, 0.05) is 11.4 Å². The molecule has 1 heterocycles. The highest BCUT2D eigenvalue weighted by Crippen LogP contribution is 2.31. The number of thioether (sulfide) groups is 1. The van der Waals surface area contributed by atoms with Crippen LogP contribution in [0.5, 0.6) is 5.75 Å². The van der Waals surface area contributed by atoms with Crippen molar-refractivity contribution in [1.29, 1.82) is 0 Å². The molecule has 3 aromatic carbocycles. The van der Waals surface area contributed by atoms with E-state index >= 15 is 0 Å². The van der Waals surface area contributed by atoms with E-state index in [4.69, 9.17) is 9.72 Å². The minimum absolute atomic E-state index is 0.653. The molecule has 0 aliphatic rings. The predicted octanol–water partition coefficient (Wildman–Crippen LogP) is 6.25. The Bertz CT molecular complexity index is 1170. The van der Waals surface area contributed by atoms with Gasteiger partial charge < -0.3 is 9.84 Å². The normalized spacial score (nSPS) is 11.8. The van der Waals surface area contributed by atoms with E-state index in [1.807, 2.05) is 31.2 Å². The molecule has 0 radical (unpaired) electrons. The Morgan fingerprint density at radius 1 is 1.00 bits per heavy atom. The number of nitrogens with zero attached hydrogens (tertiary/aromatic N) is 2. The summed E-state index contributed by atoms with van der Waals surface area (Å²) in [7, 11) is 0. The van der Waals surface area contributed by atoms with Gasteiger partial charge in [-0.3, -0.25) is 4.57 Å². The standard InChI is InChI=1S/C26H28N2O2S/c1-5-30-22-13-11-21(12-14-22)28-24-16-18(2)6-15-23(24)27-25(28)31-17-19-7-9-20(10-8-19)26(3,4)29/h6-16,29H,5,17H2,1-4H3. The SMILES string of the molecule is CCOc1ccc(-n2c(SCc3ccc(C(C)(C)O)cc3)nc3ccc(C)cc32)cc1. The van der Waals surface area contributed by atoms with Gasteiger partial charge in [0.05, 0.1) is 23.2 Å². The summed E-state index contributed by atoms with van der Waals surface area (Å²) in [5.41, 5.74) is 5.64. The summed E-state index contributed by atoms with van der Waals surface area (Å²) in [5, 5.41) is 11.1. The van der Waals surface area contributed by atoms with Gasteiger partial charge in [-0.1, -0.05) is 42.1 Å². The molecule has 1 N–H and O–H groups in total. The lowest BCUT2D eigenvalue weighted by Crippen LogP contribution is -2.15.